The van der Waals surface area contributed by atoms with Gasteiger partial charge in [-0.05, 0) is 57.3 Å². The smallest absolute Gasteiger partial charge is 0.185 e. The number of nitrogens with zero attached hydrogens (tertiary/aromatic N) is 1. The second kappa shape index (κ2) is 8.19. The van der Waals surface area contributed by atoms with Crippen molar-refractivity contribution in [1.82, 2.24) is 4.90 Å². The third kappa shape index (κ3) is 4.09. The molecule has 3 rings (SSSR count). The van der Waals surface area contributed by atoms with E-state index < -0.39 is 21.2 Å². The summed E-state index contributed by atoms with van der Waals surface area (Å²) in [5, 5.41) is 10.5. The highest BCUT2D eigenvalue weighted by Crippen LogP contribution is 2.35. The molecule has 1 saturated carbocycles. The molecule has 0 radical (unpaired) electrons. The van der Waals surface area contributed by atoms with Crippen molar-refractivity contribution < 1.29 is 13.5 Å². The second-order valence-corrected chi connectivity index (χ2v) is 9.86. The fraction of sp³-hybridized carbons (Fsp3) is 0.700. The fourth-order valence-corrected chi connectivity index (χ4v) is 6.84. The number of hydrogen-bond donors (Lipinski definition) is 1. The fourth-order valence-electron chi connectivity index (χ4n) is 4.65. The van der Waals surface area contributed by atoms with Crippen molar-refractivity contribution in [1.29, 1.82) is 0 Å². The van der Waals surface area contributed by atoms with E-state index in [-0.39, 0.29) is 12.0 Å². The van der Waals surface area contributed by atoms with Crippen LogP contribution in [0.25, 0.3) is 0 Å². The van der Waals surface area contributed by atoms with Crippen molar-refractivity contribution in [3.8, 4) is 0 Å². The van der Waals surface area contributed by atoms with Gasteiger partial charge in [0.1, 0.15) is 5.25 Å². The molecule has 0 bridgehead atoms. The topological polar surface area (TPSA) is 57.6 Å². The Kier molecular flexibility index (Phi) is 6.18. The minimum absolute atomic E-state index is 0.101. The van der Waals surface area contributed by atoms with E-state index in [2.05, 4.69) is 4.90 Å². The average molecular weight is 366 g/mol. The van der Waals surface area contributed by atoms with Gasteiger partial charge in [0.25, 0.3) is 0 Å². The van der Waals surface area contributed by atoms with Gasteiger partial charge in [0.05, 0.1) is 11.0 Å². The number of aliphatic hydroxyl groups is 1. The Balaban J connectivity index is 1.96. The minimum atomic E-state index is -3.57. The van der Waals surface area contributed by atoms with Crippen molar-refractivity contribution in [2.75, 3.05) is 13.6 Å². The lowest BCUT2D eigenvalue weighted by molar-refractivity contribution is 0.0446. The molecule has 1 unspecified atom stereocenters. The quantitative estimate of drug-likeness (QED) is 0.870. The molecule has 1 saturated heterocycles. The Morgan fingerprint density at radius 2 is 1.64 bits per heavy atom. The standard InChI is InChI=1S/C20H31NO3S/c1-21-15-9-8-14-18(21)20(19(22)16-10-4-2-5-11-16)25(23,24)17-12-6-3-7-13-17/h3,6-7,12-13,16,18-20,22H,2,4-5,8-11,14-15H2,1H3/t18?,19-,20-/m1/s1. The van der Waals surface area contributed by atoms with Gasteiger partial charge in [0.15, 0.2) is 9.84 Å². The molecule has 1 aliphatic carbocycles. The molecule has 5 heteroatoms. The van der Waals surface area contributed by atoms with Crippen molar-refractivity contribution in [2.45, 2.75) is 73.7 Å². The van der Waals surface area contributed by atoms with Crippen molar-refractivity contribution in [2.24, 2.45) is 5.92 Å². The van der Waals surface area contributed by atoms with Crippen LogP contribution in [0.5, 0.6) is 0 Å². The number of hydrogen-bond acceptors (Lipinski definition) is 4. The van der Waals surface area contributed by atoms with Crippen molar-refractivity contribution >= 4 is 9.84 Å². The van der Waals surface area contributed by atoms with Crippen LogP contribution in [-0.2, 0) is 9.84 Å². The molecule has 3 atom stereocenters. The lowest BCUT2D eigenvalue weighted by Gasteiger charge is -2.42. The van der Waals surface area contributed by atoms with Crippen LogP contribution in [0.3, 0.4) is 0 Å². The summed E-state index contributed by atoms with van der Waals surface area (Å²) in [6.07, 6.45) is 7.48. The number of likely N-dealkylation sites (tertiary alicyclic amines) is 1. The molecule has 4 nitrogen and oxygen atoms in total. The van der Waals surface area contributed by atoms with Crippen LogP contribution < -0.4 is 0 Å². The molecule has 1 aromatic carbocycles. The molecule has 0 aromatic heterocycles. The predicted octanol–water partition coefficient (Wildman–Crippen LogP) is 3.25. The molecule has 0 amide bonds. The zero-order valence-corrected chi connectivity index (χ0v) is 16.0. The zero-order valence-electron chi connectivity index (χ0n) is 15.2. The van der Waals surface area contributed by atoms with Gasteiger partial charge in [-0.3, -0.25) is 0 Å². The maximum atomic E-state index is 13.5. The molecule has 2 aliphatic rings. The molecule has 140 valence electrons. The summed E-state index contributed by atoms with van der Waals surface area (Å²) in [6.45, 7) is 0.906. The maximum Gasteiger partial charge on any atom is 0.185 e. The van der Waals surface area contributed by atoms with Crippen LogP contribution in [0.2, 0.25) is 0 Å². The van der Waals surface area contributed by atoms with E-state index in [9.17, 15) is 13.5 Å². The highest BCUT2D eigenvalue weighted by molar-refractivity contribution is 7.92. The third-order valence-electron chi connectivity index (χ3n) is 6.11. The molecule has 1 N–H and O–H groups in total. The van der Waals surface area contributed by atoms with Crippen LogP contribution in [0.15, 0.2) is 35.2 Å². The molecule has 0 spiro atoms. The van der Waals surface area contributed by atoms with E-state index in [1.807, 2.05) is 13.1 Å². The predicted molar refractivity (Wildman–Crippen MR) is 100 cm³/mol. The van der Waals surface area contributed by atoms with Gasteiger partial charge < -0.3 is 10.0 Å². The van der Waals surface area contributed by atoms with Gasteiger partial charge in [-0.1, -0.05) is 43.9 Å². The molecule has 1 aliphatic heterocycles. The van der Waals surface area contributed by atoms with Crippen molar-refractivity contribution in [3.05, 3.63) is 30.3 Å². The number of rotatable bonds is 5. The second-order valence-electron chi connectivity index (χ2n) is 7.76. The lowest BCUT2D eigenvalue weighted by atomic mass is 9.81. The van der Waals surface area contributed by atoms with Crippen LogP contribution in [0.1, 0.15) is 51.4 Å². The van der Waals surface area contributed by atoms with E-state index in [1.54, 1.807) is 24.3 Å². The van der Waals surface area contributed by atoms with Gasteiger partial charge in [-0.25, -0.2) is 8.42 Å². The van der Waals surface area contributed by atoms with E-state index in [0.29, 0.717) is 4.90 Å². The van der Waals surface area contributed by atoms with Gasteiger partial charge >= 0.3 is 0 Å². The van der Waals surface area contributed by atoms with Crippen LogP contribution in [-0.4, -0.2) is 49.4 Å². The summed E-state index contributed by atoms with van der Waals surface area (Å²) in [7, 11) is -1.57. The molecular weight excluding hydrogens is 334 g/mol. The third-order valence-corrected chi connectivity index (χ3v) is 8.34. The van der Waals surface area contributed by atoms with Gasteiger partial charge in [0.2, 0.25) is 0 Å². The molecule has 25 heavy (non-hydrogen) atoms. The summed E-state index contributed by atoms with van der Waals surface area (Å²) < 4.78 is 26.9. The van der Waals surface area contributed by atoms with Gasteiger partial charge in [-0.2, -0.15) is 0 Å². The first kappa shape index (κ1) is 18.9. The Hall–Kier alpha value is -0.910. The van der Waals surface area contributed by atoms with Crippen LogP contribution in [0, 0.1) is 5.92 Å². The van der Waals surface area contributed by atoms with Crippen LogP contribution >= 0.6 is 0 Å². The average Bonchev–Trinajstić information content (AvgIpc) is 2.65. The largest absolute Gasteiger partial charge is 0.391 e. The zero-order chi connectivity index (χ0) is 17.9. The van der Waals surface area contributed by atoms with Gasteiger partial charge in [0, 0.05) is 6.04 Å². The van der Waals surface area contributed by atoms with E-state index in [0.717, 1.165) is 51.5 Å². The normalized spacial score (nSPS) is 26.2. The first-order valence-corrected chi connectivity index (χ1v) is 11.2. The maximum absolute atomic E-state index is 13.5. The Morgan fingerprint density at radius 3 is 2.28 bits per heavy atom. The molecular formula is C20H31NO3S. The monoisotopic (exact) mass is 365 g/mol. The number of piperidine rings is 1. The molecule has 1 aromatic rings. The first-order chi connectivity index (χ1) is 12.0. The number of aliphatic hydroxyl groups excluding tert-OH is 1. The van der Waals surface area contributed by atoms with E-state index >= 15 is 0 Å². The Labute approximate surface area is 152 Å². The summed E-state index contributed by atoms with van der Waals surface area (Å²) in [6, 6.07) is 8.59. The van der Waals surface area contributed by atoms with E-state index in [4.69, 9.17) is 0 Å². The molecule has 2 fully saturated rings. The van der Waals surface area contributed by atoms with Gasteiger partial charge in [-0.15, -0.1) is 0 Å². The highest BCUT2D eigenvalue weighted by atomic mass is 32.2. The summed E-state index contributed by atoms with van der Waals surface area (Å²) in [5.41, 5.74) is 0. The SMILES string of the molecule is CN1CCCCC1[C@H]([C@H](O)C1CCCCC1)S(=O)(=O)c1ccccc1. The molecule has 1 heterocycles. The summed E-state index contributed by atoms with van der Waals surface area (Å²) >= 11 is 0. The summed E-state index contributed by atoms with van der Waals surface area (Å²) in [5.74, 6) is 0.104. The minimum Gasteiger partial charge on any atom is -0.391 e. The Morgan fingerprint density at radius 1 is 1.00 bits per heavy atom. The Bertz CT molecular complexity index is 640. The van der Waals surface area contributed by atoms with E-state index in [1.165, 1.54) is 6.42 Å². The summed E-state index contributed by atoms with van der Waals surface area (Å²) in [4.78, 5) is 2.49. The first-order valence-electron chi connectivity index (χ1n) is 9.69. The highest BCUT2D eigenvalue weighted by Gasteiger charge is 2.45. The number of benzene rings is 1. The number of sulfone groups is 1. The van der Waals surface area contributed by atoms with Crippen molar-refractivity contribution in [3.63, 3.8) is 0 Å². The van der Waals surface area contributed by atoms with Crippen LogP contribution in [0.4, 0.5) is 0 Å². The lowest BCUT2D eigenvalue weighted by Crippen LogP contribution is -2.55.